The van der Waals surface area contributed by atoms with Gasteiger partial charge in [-0.1, -0.05) is 48.1 Å². The van der Waals surface area contributed by atoms with Crippen LogP contribution in [0.2, 0.25) is 15.1 Å². The molecule has 0 spiro atoms. The topological polar surface area (TPSA) is 42.4 Å². The van der Waals surface area contributed by atoms with E-state index in [1.54, 1.807) is 12.1 Å². The van der Waals surface area contributed by atoms with E-state index in [-0.39, 0.29) is 6.61 Å². The van der Waals surface area contributed by atoms with Crippen LogP contribution < -0.4 is 4.74 Å². The van der Waals surface area contributed by atoms with Gasteiger partial charge in [-0.2, -0.15) is 0 Å². The van der Waals surface area contributed by atoms with E-state index in [1.165, 1.54) is 6.07 Å². The highest BCUT2D eigenvalue weighted by atomic mass is 35.5. The van der Waals surface area contributed by atoms with Crippen LogP contribution in [0.4, 0.5) is 0 Å². The van der Waals surface area contributed by atoms with Crippen LogP contribution in [-0.4, -0.2) is 10.1 Å². The molecule has 2 rings (SSSR count). The van der Waals surface area contributed by atoms with Crippen LogP contribution in [0.1, 0.15) is 24.6 Å². The van der Waals surface area contributed by atoms with Crippen molar-refractivity contribution >= 4 is 34.8 Å². The molecule has 1 aromatic heterocycles. The number of benzene rings is 1. The zero-order chi connectivity index (χ0) is 15.4. The first-order valence-corrected chi connectivity index (χ1v) is 7.60. The third kappa shape index (κ3) is 4.24. The average Bonchev–Trinajstić information content (AvgIpc) is 2.45. The molecule has 0 bridgehead atoms. The number of nitrogens with zero attached hydrogens (tertiary/aromatic N) is 1. The minimum Gasteiger partial charge on any atom is -0.437 e. The molecule has 0 unspecified atom stereocenters. The summed E-state index contributed by atoms with van der Waals surface area (Å²) < 4.78 is 5.68. The van der Waals surface area contributed by atoms with E-state index in [9.17, 15) is 5.11 Å². The third-order valence-electron chi connectivity index (χ3n) is 2.79. The van der Waals surface area contributed by atoms with Crippen molar-refractivity contribution in [1.82, 2.24) is 4.98 Å². The van der Waals surface area contributed by atoms with Crippen molar-refractivity contribution in [3.8, 4) is 11.6 Å². The molecule has 6 heteroatoms. The van der Waals surface area contributed by atoms with Crippen molar-refractivity contribution in [1.29, 1.82) is 0 Å². The molecule has 0 saturated carbocycles. The minimum absolute atomic E-state index is 0.0787. The number of rotatable bonds is 5. The van der Waals surface area contributed by atoms with Crippen molar-refractivity contribution in [2.75, 3.05) is 0 Å². The number of aliphatic hydroxyl groups excluding tert-OH is 1. The van der Waals surface area contributed by atoms with Gasteiger partial charge in [-0.05, 0) is 24.1 Å². The van der Waals surface area contributed by atoms with Crippen molar-refractivity contribution in [3.05, 3.63) is 50.6 Å². The molecule has 0 radical (unpaired) electrons. The van der Waals surface area contributed by atoms with Gasteiger partial charge < -0.3 is 9.84 Å². The van der Waals surface area contributed by atoms with Gasteiger partial charge in [-0.3, -0.25) is 0 Å². The lowest BCUT2D eigenvalue weighted by Gasteiger charge is -2.11. The lowest BCUT2D eigenvalue weighted by molar-refractivity contribution is 0.280. The number of aromatic nitrogens is 1. The summed E-state index contributed by atoms with van der Waals surface area (Å²) in [5, 5.41) is 10.4. The quantitative estimate of drug-likeness (QED) is 0.749. The largest absolute Gasteiger partial charge is 0.437 e. The molecule has 21 heavy (non-hydrogen) atoms. The van der Waals surface area contributed by atoms with Crippen LogP contribution >= 0.6 is 34.8 Å². The summed E-state index contributed by atoms with van der Waals surface area (Å²) >= 11 is 17.9. The summed E-state index contributed by atoms with van der Waals surface area (Å²) in [5.74, 6) is 0.737. The Labute approximate surface area is 138 Å². The van der Waals surface area contributed by atoms with E-state index in [2.05, 4.69) is 11.9 Å². The first-order valence-electron chi connectivity index (χ1n) is 6.46. The average molecular weight is 347 g/mol. The number of halogens is 3. The predicted molar refractivity (Wildman–Crippen MR) is 85.7 cm³/mol. The van der Waals surface area contributed by atoms with Gasteiger partial charge in [-0.25, -0.2) is 4.98 Å². The Morgan fingerprint density at radius 2 is 1.76 bits per heavy atom. The van der Waals surface area contributed by atoms with Gasteiger partial charge in [0.15, 0.2) is 0 Å². The number of hydrogen-bond acceptors (Lipinski definition) is 3. The highest BCUT2D eigenvalue weighted by Gasteiger charge is 2.10. The number of pyridine rings is 1. The highest BCUT2D eigenvalue weighted by Crippen LogP contribution is 2.36. The zero-order valence-electron chi connectivity index (χ0n) is 11.4. The maximum Gasteiger partial charge on any atom is 0.219 e. The van der Waals surface area contributed by atoms with Gasteiger partial charge in [0.25, 0.3) is 0 Å². The Hall–Kier alpha value is -1.000. The number of aliphatic hydroxyl groups is 1. The molecule has 0 aliphatic carbocycles. The fraction of sp³-hybridized carbons (Fsp3) is 0.267. The standard InChI is InChI=1S/C15H14Cl3NO2/c1-2-3-10-4-9(8-20)5-15(19-10)21-14-7-12(17)11(16)6-13(14)18/h4-7,20H,2-3,8H2,1H3. The van der Waals surface area contributed by atoms with Crippen LogP contribution in [0.25, 0.3) is 0 Å². The second-order valence-corrected chi connectivity index (χ2v) is 5.73. The molecule has 0 atom stereocenters. The summed E-state index contributed by atoms with van der Waals surface area (Å²) in [6, 6.07) is 6.58. The molecule has 112 valence electrons. The van der Waals surface area contributed by atoms with E-state index < -0.39 is 0 Å². The summed E-state index contributed by atoms with van der Waals surface area (Å²) in [7, 11) is 0. The van der Waals surface area contributed by atoms with Gasteiger partial charge >= 0.3 is 0 Å². The van der Waals surface area contributed by atoms with E-state index in [0.717, 1.165) is 24.1 Å². The molecule has 0 fully saturated rings. The summed E-state index contributed by atoms with van der Waals surface area (Å²) in [4.78, 5) is 4.39. The van der Waals surface area contributed by atoms with Crippen molar-refractivity contribution in [2.45, 2.75) is 26.4 Å². The molecule has 0 amide bonds. The minimum atomic E-state index is -0.0787. The van der Waals surface area contributed by atoms with Crippen molar-refractivity contribution in [3.63, 3.8) is 0 Å². The molecular formula is C15H14Cl3NO2. The number of aryl methyl sites for hydroxylation is 1. The van der Waals surface area contributed by atoms with Crippen LogP contribution in [0.3, 0.4) is 0 Å². The predicted octanol–water partition coefficient (Wildman–Crippen LogP) is 5.28. The normalized spacial score (nSPS) is 10.7. The zero-order valence-corrected chi connectivity index (χ0v) is 13.6. The SMILES string of the molecule is CCCc1cc(CO)cc(Oc2cc(Cl)c(Cl)cc2Cl)n1. The van der Waals surface area contributed by atoms with E-state index in [0.29, 0.717) is 26.7 Å². The van der Waals surface area contributed by atoms with Crippen LogP contribution in [0, 0.1) is 0 Å². The molecule has 3 nitrogen and oxygen atoms in total. The van der Waals surface area contributed by atoms with Crippen LogP contribution in [-0.2, 0) is 13.0 Å². The molecule has 0 aliphatic rings. The smallest absolute Gasteiger partial charge is 0.219 e. The molecule has 1 aromatic carbocycles. The van der Waals surface area contributed by atoms with Gasteiger partial charge in [0.1, 0.15) is 5.75 Å². The Kier molecular flexibility index (Phi) is 5.71. The highest BCUT2D eigenvalue weighted by molar-refractivity contribution is 6.43. The monoisotopic (exact) mass is 345 g/mol. The Morgan fingerprint density at radius 1 is 1.05 bits per heavy atom. The van der Waals surface area contributed by atoms with Gasteiger partial charge in [-0.15, -0.1) is 0 Å². The molecule has 0 saturated heterocycles. The Morgan fingerprint density at radius 3 is 2.43 bits per heavy atom. The van der Waals surface area contributed by atoms with E-state index >= 15 is 0 Å². The van der Waals surface area contributed by atoms with Gasteiger partial charge in [0, 0.05) is 17.8 Å². The number of hydrogen-bond donors (Lipinski definition) is 1. The molecule has 2 aromatic rings. The van der Waals surface area contributed by atoms with Crippen molar-refractivity contribution in [2.24, 2.45) is 0 Å². The third-order valence-corrected chi connectivity index (χ3v) is 3.81. The van der Waals surface area contributed by atoms with Gasteiger partial charge in [0.05, 0.1) is 21.7 Å². The van der Waals surface area contributed by atoms with Crippen molar-refractivity contribution < 1.29 is 9.84 Å². The summed E-state index contributed by atoms with van der Waals surface area (Å²) in [6.07, 6.45) is 1.76. The second kappa shape index (κ2) is 7.32. The molecule has 1 N–H and O–H groups in total. The fourth-order valence-corrected chi connectivity index (χ4v) is 2.42. The Balaban J connectivity index is 2.34. The maximum absolute atomic E-state index is 9.31. The van der Waals surface area contributed by atoms with Crippen LogP contribution in [0.15, 0.2) is 24.3 Å². The van der Waals surface area contributed by atoms with E-state index in [1.807, 2.05) is 6.07 Å². The van der Waals surface area contributed by atoms with Crippen LogP contribution in [0.5, 0.6) is 11.6 Å². The molecular weight excluding hydrogens is 333 g/mol. The maximum atomic E-state index is 9.31. The van der Waals surface area contributed by atoms with Gasteiger partial charge in [0.2, 0.25) is 5.88 Å². The lowest BCUT2D eigenvalue weighted by atomic mass is 10.2. The summed E-state index contributed by atoms with van der Waals surface area (Å²) in [6.45, 7) is 1.98. The Bertz CT molecular complexity index is 647. The fourth-order valence-electron chi connectivity index (χ4n) is 1.84. The first-order chi connectivity index (χ1) is 10.0. The molecule has 1 heterocycles. The molecule has 0 aliphatic heterocycles. The number of ether oxygens (including phenoxy) is 1. The van der Waals surface area contributed by atoms with E-state index in [4.69, 9.17) is 39.5 Å². The second-order valence-electron chi connectivity index (χ2n) is 4.51. The lowest BCUT2D eigenvalue weighted by Crippen LogP contribution is -1.97. The summed E-state index contributed by atoms with van der Waals surface area (Å²) in [5.41, 5.74) is 1.59. The first kappa shape index (κ1) is 16.4.